The van der Waals surface area contributed by atoms with E-state index in [0.717, 1.165) is 0 Å². The summed E-state index contributed by atoms with van der Waals surface area (Å²) in [5.41, 5.74) is 0.0138. The number of rotatable bonds is 2. The molecule has 1 heterocycles. The number of carbonyl (C=O) groups is 1. The Morgan fingerprint density at radius 1 is 1.44 bits per heavy atom. The number of esters is 1. The van der Waals surface area contributed by atoms with Crippen LogP contribution in [0.25, 0.3) is 6.08 Å². The lowest BCUT2D eigenvalue weighted by molar-refractivity contribution is -0.148. The molecule has 0 bridgehead atoms. The molecule has 4 nitrogen and oxygen atoms in total. The molecular weight excluding hydrogens is 228 g/mol. The molecule has 1 aromatic rings. The molecule has 0 atom stereocenters. The first kappa shape index (κ1) is 12.6. The lowest BCUT2D eigenvalue weighted by Gasteiger charge is -2.17. The summed E-state index contributed by atoms with van der Waals surface area (Å²) in [6.45, 7) is 5.41. The lowest BCUT2D eigenvalue weighted by atomic mass is 10.2. The predicted octanol–water partition coefficient (Wildman–Crippen LogP) is 2.48. The molecule has 16 heavy (non-hydrogen) atoms. The van der Waals surface area contributed by atoms with E-state index in [1.54, 1.807) is 20.8 Å². The first-order chi connectivity index (χ1) is 7.37. The van der Waals surface area contributed by atoms with E-state index in [0.29, 0.717) is 5.69 Å². The molecule has 1 rings (SSSR count). The molecule has 0 aliphatic heterocycles. The second-order valence-corrected chi connectivity index (χ2v) is 4.52. The Balaban J connectivity index is 2.64. The van der Waals surface area contributed by atoms with E-state index in [9.17, 15) is 4.79 Å². The number of hydrogen-bond acceptors (Lipinski definition) is 4. The van der Waals surface area contributed by atoms with Gasteiger partial charge >= 0.3 is 5.97 Å². The van der Waals surface area contributed by atoms with Crippen molar-refractivity contribution in [3.8, 4) is 0 Å². The van der Waals surface area contributed by atoms with Crippen LogP contribution in [0.2, 0.25) is 5.15 Å². The Bertz CT molecular complexity index is 411. The Morgan fingerprint density at radius 2 is 2.12 bits per heavy atom. The largest absolute Gasteiger partial charge is 0.457 e. The van der Waals surface area contributed by atoms with Crippen molar-refractivity contribution in [2.75, 3.05) is 0 Å². The van der Waals surface area contributed by atoms with Gasteiger partial charge in [0.25, 0.3) is 0 Å². The van der Waals surface area contributed by atoms with Gasteiger partial charge in [0.15, 0.2) is 0 Å². The van der Waals surface area contributed by atoms with E-state index < -0.39 is 11.6 Å². The normalized spacial score (nSPS) is 11.8. The van der Waals surface area contributed by atoms with Gasteiger partial charge in [-0.25, -0.2) is 9.78 Å². The van der Waals surface area contributed by atoms with Gasteiger partial charge in [-0.15, -0.1) is 0 Å². The fraction of sp³-hybridized carbons (Fsp3) is 0.364. The summed E-state index contributed by atoms with van der Waals surface area (Å²) < 4.78 is 5.08. The summed E-state index contributed by atoms with van der Waals surface area (Å²) >= 11 is 5.64. The van der Waals surface area contributed by atoms with Gasteiger partial charge in [-0.1, -0.05) is 11.6 Å². The van der Waals surface area contributed by atoms with Gasteiger partial charge in [-0.2, -0.15) is 0 Å². The molecule has 0 N–H and O–H groups in total. The number of halogens is 1. The average molecular weight is 241 g/mol. The lowest BCUT2D eigenvalue weighted by Crippen LogP contribution is -2.22. The van der Waals surface area contributed by atoms with Crippen molar-refractivity contribution in [3.63, 3.8) is 0 Å². The summed E-state index contributed by atoms with van der Waals surface area (Å²) in [6, 6.07) is 0. The van der Waals surface area contributed by atoms with Crippen LogP contribution in [0.5, 0.6) is 0 Å². The standard InChI is InChI=1S/C11H13ClN2O2/c1-11(2,3)16-10(15)5-4-8-6-13-7-9(12)14-8/h4-7H,1-3H3. The minimum Gasteiger partial charge on any atom is -0.457 e. The van der Waals surface area contributed by atoms with E-state index in [2.05, 4.69) is 9.97 Å². The highest BCUT2D eigenvalue weighted by molar-refractivity contribution is 6.29. The minimum absolute atomic E-state index is 0.284. The van der Waals surface area contributed by atoms with Crippen molar-refractivity contribution >= 4 is 23.6 Å². The molecule has 0 aliphatic carbocycles. The smallest absolute Gasteiger partial charge is 0.331 e. The third-order valence-electron chi connectivity index (χ3n) is 1.42. The van der Waals surface area contributed by atoms with Crippen molar-refractivity contribution in [2.24, 2.45) is 0 Å². The van der Waals surface area contributed by atoms with Gasteiger partial charge < -0.3 is 4.74 Å². The van der Waals surface area contributed by atoms with Crippen LogP contribution < -0.4 is 0 Å². The molecule has 0 spiro atoms. The number of nitrogens with zero attached hydrogens (tertiary/aromatic N) is 2. The van der Waals surface area contributed by atoms with Gasteiger partial charge in [-0.3, -0.25) is 4.98 Å². The van der Waals surface area contributed by atoms with Gasteiger partial charge in [0.2, 0.25) is 0 Å². The third kappa shape index (κ3) is 4.89. The highest BCUT2D eigenvalue weighted by atomic mass is 35.5. The van der Waals surface area contributed by atoms with Crippen LogP contribution >= 0.6 is 11.6 Å². The molecule has 0 fully saturated rings. The van der Waals surface area contributed by atoms with Crippen LogP contribution in [0.1, 0.15) is 26.5 Å². The zero-order chi connectivity index (χ0) is 12.2. The average Bonchev–Trinajstić information content (AvgIpc) is 2.12. The number of carbonyl (C=O) groups excluding carboxylic acids is 1. The summed E-state index contributed by atoms with van der Waals surface area (Å²) in [5.74, 6) is -0.422. The van der Waals surface area contributed by atoms with Crippen LogP contribution in [0.4, 0.5) is 0 Å². The Morgan fingerprint density at radius 3 is 2.69 bits per heavy atom. The monoisotopic (exact) mass is 240 g/mol. The maximum atomic E-state index is 11.3. The summed E-state index contributed by atoms with van der Waals surface area (Å²) in [6.07, 6.45) is 5.73. The minimum atomic E-state index is -0.499. The molecule has 0 saturated heterocycles. The fourth-order valence-electron chi connectivity index (χ4n) is 0.926. The summed E-state index contributed by atoms with van der Waals surface area (Å²) in [7, 11) is 0. The predicted molar refractivity (Wildman–Crippen MR) is 61.9 cm³/mol. The zero-order valence-electron chi connectivity index (χ0n) is 9.40. The second-order valence-electron chi connectivity index (χ2n) is 4.13. The van der Waals surface area contributed by atoms with Crippen molar-refractivity contribution in [1.82, 2.24) is 9.97 Å². The molecule has 1 aromatic heterocycles. The highest BCUT2D eigenvalue weighted by Crippen LogP contribution is 2.08. The first-order valence-electron chi connectivity index (χ1n) is 4.75. The topological polar surface area (TPSA) is 52.1 Å². The molecule has 0 aromatic carbocycles. The van der Waals surface area contributed by atoms with Crippen LogP contribution in [0, 0.1) is 0 Å². The van der Waals surface area contributed by atoms with Crippen molar-refractivity contribution in [3.05, 3.63) is 29.3 Å². The summed E-state index contributed by atoms with van der Waals surface area (Å²) in [5, 5.41) is 0.284. The molecule has 0 radical (unpaired) electrons. The van der Waals surface area contributed by atoms with Crippen LogP contribution in [0.15, 0.2) is 18.5 Å². The van der Waals surface area contributed by atoms with E-state index >= 15 is 0 Å². The van der Waals surface area contributed by atoms with E-state index in [1.165, 1.54) is 24.5 Å². The van der Waals surface area contributed by atoms with E-state index in [1.807, 2.05) is 0 Å². The van der Waals surface area contributed by atoms with Crippen LogP contribution in [-0.2, 0) is 9.53 Å². The van der Waals surface area contributed by atoms with Crippen LogP contribution in [-0.4, -0.2) is 21.5 Å². The first-order valence-corrected chi connectivity index (χ1v) is 5.13. The summed E-state index contributed by atoms with van der Waals surface area (Å²) in [4.78, 5) is 19.1. The quantitative estimate of drug-likeness (QED) is 0.589. The van der Waals surface area contributed by atoms with Crippen molar-refractivity contribution in [2.45, 2.75) is 26.4 Å². The van der Waals surface area contributed by atoms with Gasteiger partial charge in [-0.05, 0) is 26.8 Å². The zero-order valence-corrected chi connectivity index (χ0v) is 10.2. The van der Waals surface area contributed by atoms with Gasteiger partial charge in [0.1, 0.15) is 10.8 Å². The Kier molecular flexibility index (Phi) is 4.01. The second kappa shape index (κ2) is 5.07. The van der Waals surface area contributed by atoms with E-state index in [-0.39, 0.29) is 5.15 Å². The number of ether oxygens (including phenoxy) is 1. The molecule has 5 heteroatoms. The Hall–Kier alpha value is -1.42. The van der Waals surface area contributed by atoms with Gasteiger partial charge in [0.05, 0.1) is 18.1 Å². The number of aromatic nitrogens is 2. The maximum Gasteiger partial charge on any atom is 0.331 e. The molecule has 0 aliphatic rings. The molecule has 0 saturated carbocycles. The molecular formula is C11H13ClN2O2. The molecule has 86 valence electrons. The highest BCUT2D eigenvalue weighted by Gasteiger charge is 2.13. The Labute approximate surface area is 99.3 Å². The fourth-order valence-corrected chi connectivity index (χ4v) is 1.08. The number of hydrogen-bond donors (Lipinski definition) is 0. The SMILES string of the molecule is CC(C)(C)OC(=O)C=Cc1cncc(Cl)n1. The maximum absolute atomic E-state index is 11.3. The van der Waals surface area contributed by atoms with Crippen LogP contribution in [0.3, 0.4) is 0 Å². The third-order valence-corrected chi connectivity index (χ3v) is 1.60. The van der Waals surface area contributed by atoms with E-state index in [4.69, 9.17) is 16.3 Å². The molecule has 0 unspecified atom stereocenters. The molecule has 0 amide bonds. The van der Waals surface area contributed by atoms with Crippen molar-refractivity contribution < 1.29 is 9.53 Å². The van der Waals surface area contributed by atoms with Gasteiger partial charge in [0, 0.05) is 6.08 Å². The van der Waals surface area contributed by atoms with Crippen molar-refractivity contribution in [1.29, 1.82) is 0 Å².